The molecule has 1 saturated carbocycles. The van der Waals surface area contributed by atoms with E-state index in [0.717, 1.165) is 38.0 Å². The molecule has 0 atom stereocenters. The van der Waals surface area contributed by atoms with Crippen LogP contribution in [0.5, 0.6) is 11.6 Å². The third-order valence-corrected chi connectivity index (χ3v) is 6.03. The standard InChI is InChI=1S/C23H32N6O3/c30-22(25-11-16-31-20-7-4-10-24-17-20)18-32-23-9-8-21(26-27-23)29-14-12-28(13-15-29)19-5-2-1-3-6-19/h4,7-10,17,19H,1-3,5-6,11-16,18H2,(H,25,30). The maximum absolute atomic E-state index is 11.9. The van der Waals surface area contributed by atoms with Crippen LogP contribution in [0.4, 0.5) is 5.82 Å². The molecule has 2 aromatic heterocycles. The molecule has 2 aromatic rings. The topological polar surface area (TPSA) is 92.7 Å². The molecule has 2 aliphatic rings. The Morgan fingerprint density at radius 3 is 2.59 bits per heavy atom. The first-order valence-corrected chi connectivity index (χ1v) is 11.5. The predicted octanol–water partition coefficient (Wildman–Crippen LogP) is 1.90. The van der Waals surface area contributed by atoms with Crippen LogP contribution in [0.1, 0.15) is 32.1 Å². The summed E-state index contributed by atoms with van der Waals surface area (Å²) in [4.78, 5) is 20.8. The molecule has 0 spiro atoms. The average molecular weight is 441 g/mol. The van der Waals surface area contributed by atoms with E-state index in [9.17, 15) is 4.79 Å². The van der Waals surface area contributed by atoms with E-state index in [-0.39, 0.29) is 12.5 Å². The second kappa shape index (κ2) is 11.6. The number of ether oxygens (including phenoxy) is 2. The molecule has 9 heteroatoms. The Hall–Kier alpha value is -2.94. The van der Waals surface area contributed by atoms with Crippen molar-refractivity contribution in [2.45, 2.75) is 38.1 Å². The van der Waals surface area contributed by atoms with Gasteiger partial charge in [-0.25, -0.2) is 0 Å². The molecule has 172 valence electrons. The number of carbonyl (C=O) groups is 1. The van der Waals surface area contributed by atoms with Crippen molar-refractivity contribution in [3.63, 3.8) is 0 Å². The predicted molar refractivity (Wildman–Crippen MR) is 121 cm³/mol. The molecule has 0 unspecified atom stereocenters. The molecule has 2 fully saturated rings. The van der Waals surface area contributed by atoms with Gasteiger partial charge in [-0.15, -0.1) is 10.2 Å². The van der Waals surface area contributed by atoms with Crippen molar-refractivity contribution in [1.29, 1.82) is 0 Å². The van der Waals surface area contributed by atoms with E-state index >= 15 is 0 Å². The lowest BCUT2D eigenvalue weighted by atomic mass is 9.94. The lowest BCUT2D eigenvalue weighted by molar-refractivity contribution is -0.123. The molecular formula is C23H32N6O3. The first kappa shape index (κ1) is 22.3. The Morgan fingerprint density at radius 2 is 1.88 bits per heavy atom. The molecule has 1 amide bonds. The molecule has 4 rings (SSSR count). The van der Waals surface area contributed by atoms with Gasteiger partial charge < -0.3 is 19.7 Å². The number of nitrogens with zero attached hydrogens (tertiary/aromatic N) is 5. The van der Waals surface area contributed by atoms with E-state index in [4.69, 9.17) is 9.47 Å². The minimum Gasteiger partial charge on any atom is -0.490 e. The van der Waals surface area contributed by atoms with Crippen LogP contribution in [-0.4, -0.2) is 78.0 Å². The summed E-state index contributed by atoms with van der Waals surface area (Å²) in [7, 11) is 0. The van der Waals surface area contributed by atoms with Crippen LogP contribution in [0.3, 0.4) is 0 Å². The molecule has 1 aliphatic heterocycles. The Morgan fingerprint density at radius 1 is 1.03 bits per heavy atom. The largest absolute Gasteiger partial charge is 0.490 e. The highest BCUT2D eigenvalue weighted by molar-refractivity contribution is 5.77. The van der Waals surface area contributed by atoms with Gasteiger partial charge in [0.1, 0.15) is 12.4 Å². The molecule has 0 bridgehead atoms. The summed E-state index contributed by atoms with van der Waals surface area (Å²) in [5.41, 5.74) is 0. The summed E-state index contributed by atoms with van der Waals surface area (Å²) in [5, 5.41) is 11.2. The molecule has 9 nitrogen and oxygen atoms in total. The molecule has 1 N–H and O–H groups in total. The van der Waals surface area contributed by atoms with Gasteiger partial charge in [-0.1, -0.05) is 19.3 Å². The van der Waals surface area contributed by atoms with Crippen LogP contribution in [-0.2, 0) is 4.79 Å². The van der Waals surface area contributed by atoms with Gasteiger partial charge >= 0.3 is 0 Å². The molecule has 1 aliphatic carbocycles. The number of anilines is 1. The maximum Gasteiger partial charge on any atom is 0.258 e. The number of pyridine rings is 1. The number of hydrogen-bond acceptors (Lipinski definition) is 8. The molecular weight excluding hydrogens is 408 g/mol. The number of amides is 1. The van der Waals surface area contributed by atoms with E-state index in [1.54, 1.807) is 24.5 Å². The Bertz CT molecular complexity index is 821. The van der Waals surface area contributed by atoms with E-state index in [1.807, 2.05) is 12.1 Å². The second-order valence-electron chi connectivity index (χ2n) is 8.22. The average Bonchev–Trinajstić information content (AvgIpc) is 2.87. The fourth-order valence-electron chi connectivity index (χ4n) is 4.30. The minimum atomic E-state index is -0.232. The normalized spacial score (nSPS) is 17.7. The van der Waals surface area contributed by atoms with Crippen molar-refractivity contribution in [3.8, 4) is 11.6 Å². The number of rotatable bonds is 9. The third kappa shape index (κ3) is 6.53. The van der Waals surface area contributed by atoms with Crippen LogP contribution in [0.15, 0.2) is 36.7 Å². The molecule has 3 heterocycles. The van der Waals surface area contributed by atoms with Gasteiger partial charge in [-0.05, 0) is 31.0 Å². The van der Waals surface area contributed by atoms with Crippen LogP contribution < -0.4 is 19.7 Å². The first-order valence-electron chi connectivity index (χ1n) is 11.5. The summed E-state index contributed by atoms with van der Waals surface area (Å²) in [5.74, 6) is 1.64. The van der Waals surface area contributed by atoms with Crippen LogP contribution in [0.25, 0.3) is 0 Å². The zero-order valence-corrected chi connectivity index (χ0v) is 18.5. The number of hydrogen-bond donors (Lipinski definition) is 1. The summed E-state index contributed by atoms with van der Waals surface area (Å²) < 4.78 is 10.9. The lowest BCUT2D eigenvalue weighted by Crippen LogP contribution is -2.51. The molecule has 0 radical (unpaired) electrons. The van der Waals surface area contributed by atoms with Gasteiger partial charge in [-0.3, -0.25) is 14.7 Å². The van der Waals surface area contributed by atoms with Gasteiger partial charge in [0, 0.05) is 44.5 Å². The Kier molecular flexibility index (Phi) is 8.08. The Labute approximate surface area is 189 Å². The van der Waals surface area contributed by atoms with Gasteiger partial charge in [0.25, 0.3) is 5.91 Å². The van der Waals surface area contributed by atoms with E-state index < -0.39 is 0 Å². The minimum absolute atomic E-state index is 0.110. The first-order chi connectivity index (χ1) is 15.8. The van der Waals surface area contributed by atoms with Gasteiger partial charge in [0.2, 0.25) is 5.88 Å². The SMILES string of the molecule is O=C(COc1ccc(N2CCN(C3CCCCC3)CC2)nn1)NCCOc1cccnc1. The van der Waals surface area contributed by atoms with Crippen molar-refractivity contribution in [2.75, 3.05) is 50.8 Å². The third-order valence-electron chi connectivity index (χ3n) is 6.03. The lowest BCUT2D eigenvalue weighted by Gasteiger charge is -2.41. The highest BCUT2D eigenvalue weighted by atomic mass is 16.5. The zero-order valence-electron chi connectivity index (χ0n) is 18.5. The zero-order chi connectivity index (χ0) is 22.0. The fraction of sp³-hybridized carbons (Fsp3) is 0.565. The summed E-state index contributed by atoms with van der Waals surface area (Å²) >= 11 is 0. The number of piperazine rings is 1. The van der Waals surface area contributed by atoms with Crippen molar-refractivity contribution in [2.24, 2.45) is 0 Å². The maximum atomic E-state index is 11.9. The quantitative estimate of drug-likeness (QED) is 0.591. The van der Waals surface area contributed by atoms with E-state index in [1.165, 1.54) is 32.1 Å². The van der Waals surface area contributed by atoms with Gasteiger partial charge in [0.15, 0.2) is 12.4 Å². The summed E-state index contributed by atoms with van der Waals surface area (Å²) in [6, 6.07) is 8.07. The fourth-order valence-corrected chi connectivity index (χ4v) is 4.30. The monoisotopic (exact) mass is 440 g/mol. The summed E-state index contributed by atoms with van der Waals surface area (Å²) in [6.07, 6.45) is 10.1. The van der Waals surface area contributed by atoms with E-state index in [0.29, 0.717) is 24.8 Å². The van der Waals surface area contributed by atoms with E-state index in [2.05, 4.69) is 30.3 Å². The summed E-state index contributed by atoms with van der Waals surface area (Å²) in [6.45, 7) is 4.73. The van der Waals surface area contributed by atoms with Crippen LogP contribution in [0, 0.1) is 0 Å². The van der Waals surface area contributed by atoms with Crippen molar-refractivity contribution < 1.29 is 14.3 Å². The molecule has 1 saturated heterocycles. The number of carbonyl (C=O) groups excluding carboxylic acids is 1. The van der Waals surface area contributed by atoms with Crippen LogP contribution in [0.2, 0.25) is 0 Å². The number of aromatic nitrogens is 3. The van der Waals surface area contributed by atoms with Crippen molar-refractivity contribution in [1.82, 2.24) is 25.4 Å². The van der Waals surface area contributed by atoms with Gasteiger partial charge in [-0.2, -0.15) is 0 Å². The van der Waals surface area contributed by atoms with Gasteiger partial charge in [0.05, 0.1) is 12.7 Å². The molecule has 32 heavy (non-hydrogen) atoms. The second-order valence-corrected chi connectivity index (χ2v) is 8.22. The van der Waals surface area contributed by atoms with Crippen molar-refractivity contribution >= 4 is 11.7 Å². The highest BCUT2D eigenvalue weighted by Crippen LogP contribution is 2.24. The number of nitrogens with one attached hydrogen (secondary N) is 1. The Balaban J connectivity index is 1.13. The van der Waals surface area contributed by atoms with Crippen LogP contribution >= 0.6 is 0 Å². The van der Waals surface area contributed by atoms with Crippen molar-refractivity contribution in [3.05, 3.63) is 36.7 Å². The highest BCUT2D eigenvalue weighted by Gasteiger charge is 2.25. The smallest absolute Gasteiger partial charge is 0.258 e. The molecule has 0 aromatic carbocycles.